The van der Waals surface area contributed by atoms with Crippen LogP contribution in [0.4, 0.5) is 0 Å². The highest BCUT2D eigenvalue weighted by atomic mass is 14.8. The van der Waals surface area contributed by atoms with Gasteiger partial charge in [-0.05, 0) is 48.9 Å². The van der Waals surface area contributed by atoms with E-state index in [4.69, 9.17) is 11.5 Å². The lowest BCUT2D eigenvalue weighted by molar-refractivity contribution is 0.481. The molecule has 2 unspecified atom stereocenters. The average Bonchev–Trinajstić information content (AvgIpc) is 2.15. The second kappa shape index (κ2) is 3.37. The molecule has 0 aromatic heterocycles. The molecule has 0 bridgehead atoms. The summed E-state index contributed by atoms with van der Waals surface area (Å²) in [6.07, 6.45) is 2.09. The lowest BCUT2D eigenvalue weighted by Crippen LogP contribution is -2.38. The molecule has 1 aromatic rings. The molecule has 1 aliphatic carbocycles. The quantitative estimate of drug-likeness (QED) is 0.652. The molecule has 2 rings (SSSR count). The van der Waals surface area contributed by atoms with Crippen molar-refractivity contribution in [2.75, 3.05) is 0 Å². The standard InChI is InChI=1S/C12H18N2/c1-7-5-9-3-4-11(13)12(14)10(9)6-8(7)2/h5-6,11-12H,3-4,13-14H2,1-2H3. The zero-order valence-corrected chi connectivity index (χ0v) is 8.88. The van der Waals surface area contributed by atoms with Crippen LogP contribution in [0.1, 0.15) is 34.7 Å². The summed E-state index contributed by atoms with van der Waals surface area (Å²) >= 11 is 0. The molecule has 1 aromatic carbocycles. The van der Waals surface area contributed by atoms with E-state index in [1.807, 2.05) is 0 Å². The molecule has 2 atom stereocenters. The Balaban J connectivity index is 2.50. The van der Waals surface area contributed by atoms with E-state index < -0.39 is 0 Å². The molecule has 0 spiro atoms. The summed E-state index contributed by atoms with van der Waals surface area (Å²) in [5, 5.41) is 0. The van der Waals surface area contributed by atoms with Crippen LogP contribution < -0.4 is 11.5 Å². The fraction of sp³-hybridized carbons (Fsp3) is 0.500. The molecule has 2 heteroatoms. The van der Waals surface area contributed by atoms with Crippen molar-refractivity contribution in [2.45, 2.75) is 38.8 Å². The molecule has 2 nitrogen and oxygen atoms in total. The molecule has 0 saturated heterocycles. The zero-order chi connectivity index (χ0) is 10.3. The first-order valence-corrected chi connectivity index (χ1v) is 5.21. The number of benzene rings is 1. The van der Waals surface area contributed by atoms with Crippen molar-refractivity contribution in [3.05, 3.63) is 34.4 Å². The normalized spacial score (nSPS) is 26.0. The fourth-order valence-electron chi connectivity index (χ4n) is 2.16. The van der Waals surface area contributed by atoms with Gasteiger partial charge in [0.05, 0.1) is 0 Å². The second-order valence-electron chi connectivity index (χ2n) is 4.36. The smallest absolute Gasteiger partial charge is 0.0451 e. The van der Waals surface area contributed by atoms with Gasteiger partial charge in [0.25, 0.3) is 0 Å². The second-order valence-corrected chi connectivity index (χ2v) is 4.36. The van der Waals surface area contributed by atoms with Gasteiger partial charge in [0.2, 0.25) is 0 Å². The third kappa shape index (κ3) is 1.45. The van der Waals surface area contributed by atoms with Crippen LogP contribution in [0.25, 0.3) is 0 Å². The maximum Gasteiger partial charge on any atom is 0.0451 e. The Kier molecular flexibility index (Phi) is 2.33. The van der Waals surface area contributed by atoms with Gasteiger partial charge in [-0.3, -0.25) is 0 Å². The van der Waals surface area contributed by atoms with Crippen molar-refractivity contribution in [1.29, 1.82) is 0 Å². The van der Waals surface area contributed by atoms with Crippen LogP contribution in [0.3, 0.4) is 0 Å². The topological polar surface area (TPSA) is 52.0 Å². The number of hydrogen-bond donors (Lipinski definition) is 2. The van der Waals surface area contributed by atoms with Crippen molar-refractivity contribution >= 4 is 0 Å². The lowest BCUT2D eigenvalue weighted by Gasteiger charge is -2.29. The Labute approximate surface area is 85.3 Å². The molecule has 1 aliphatic rings. The Morgan fingerprint density at radius 2 is 1.79 bits per heavy atom. The first kappa shape index (κ1) is 9.69. The van der Waals surface area contributed by atoms with Gasteiger partial charge in [-0.15, -0.1) is 0 Å². The number of aryl methyl sites for hydroxylation is 3. The first-order chi connectivity index (χ1) is 6.59. The summed E-state index contributed by atoms with van der Waals surface area (Å²) in [6, 6.07) is 4.62. The molecular weight excluding hydrogens is 172 g/mol. The van der Waals surface area contributed by atoms with Crippen LogP contribution in [0.2, 0.25) is 0 Å². The summed E-state index contributed by atoms with van der Waals surface area (Å²) < 4.78 is 0. The number of fused-ring (bicyclic) bond motifs is 1. The molecule has 0 heterocycles. The largest absolute Gasteiger partial charge is 0.326 e. The highest BCUT2D eigenvalue weighted by Gasteiger charge is 2.23. The van der Waals surface area contributed by atoms with Crippen LogP contribution in [-0.2, 0) is 6.42 Å². The fourth-order valence-corrected chi connectivity index (χ4v) is 2.16. The van der Waals surface area contributed by atoms with E-state index in [2.05, 4.69) is 26.0 Å². The molecule has 0 amide bonds. The maximum atomic E-state index is 6.08. The van der Waals surface area contributed by atoms with Crippen molar-refractivity contribution in [1.82, 2.24) is 0 Å². The van der Waals surface area contributed by atoms with Crippen molar-refractivity contribution < 1.29 is 0 Å². The van der Waals surface area contributed by atoms with Crippen LogP contribution in [0.15, 0.2) is 12.1 Å². The minimum atomic E-state index is 0.0260. The molecule has 14 heavy (non-hydrogen) atoms. The highest BCUT2D eigenvalue weighted by Crippen LogP contribution is 2.29. The Morgan fingerprint density at radius 1 is 1.14 bits per heavy atom. The third-order valence-electron chi connectivity index (χ3n) is 3.32. The summed E-state index contributed by atoms with van der Waals surface area (Å²) in [5.41, 5.74) is 17.4. The van der Waals surface area contributed by atoms with E-state index in [1.165, 1.54) is 22.3 Å². The van der Waals surface area contributed by atoms with Crippen LogP contribution >= 0.6 is 0 Å². The van der Waals surface area contributed by atoms with Crippen molar-refractivity contribution in [3.63, 3.8) is 0 Å². The number of nitrogens with two attached hydrogens (primary N) is 2. The maximum absolute atomic E-state index is 6.08. The van der Waals surface area contributed by atoms with Crippen molar-refractivity contribution in [2.24, 2.45) is 11.5 Å². The summed E-state index contributed by atoms with van der Waals surface area (Å²) in [6.45, 7) is 4.28. The zero-order valence-electron chi connectivity index (χ0n) is 8.88. The first-order valence-electron chi connectivity index (χ1n) is 5.21. The van der Waals surface area contributed by atoms with Gasteiger partial charge in [-0.1, -0.05) is 12.1 Å². The van der Waals surface area contributed by atoms with E-state index in [0.29, 0.717) is 0 Å². The summed E-state index contributed by atoms with van der Waals surface area (Å²) in [4.78, 5) is 0. The van der Waals surface area contributed by atoms with Gasteiger partial charge in [0, 0.05) is 12.1 Å². The van der Waals surface area contributed by atoms with E-state index in [9.17, 15) is 0 Å². The van der Waals surface area contributed by atoms with Gasteiger partial charge >= 0.3 is 0 Å². The van der Waals surface area contributed by atoms with Gasteiger partial charge in [-0.2, -0.15) is 0 Å². The van der Waals surface area contributed by atoms with E-state index in [0.717, 1.165) is 12.8 Å². The van der Waals surface area contributed by atoms with Crippen molar-refractivity contribution in [3.8, 4) is 0 Å². The Bertz CT molecular complexity index is 358. The Morgan fingerprint density at radius 3 is 2.50 bits per heavy atom. The molecule has 0 saturated carbocycles. The molecular formula is C12H18N2. The lowest BCUT2D eigenvalue weighted by atomic mass is 9.83. The molecule has 0 radical (unpaired) electrons. The number of hydrogen-bond acceptors (Lipinski definition) is 2. The number of rotatable bonds is 0. The highest BCUT2D eigenvalue weighted by molar-refractivity contribution is 5.41. The van der Waals surface area contributed by atoms with Gasteiger partial charge in [0.15, 0.2) is 0 Å². The van der Waals surface area contributed by atoms with Crippen LogP contribution in [-0.4, -0.2) is 6.04 Å². The van der Waals surface area contributed by atoms with E-state index in [1.54, 1.807) is 0 Å². The predicted molar refractivity (Wildman–Crippen MR) is 59.1 cm³/mol. The summed E-state index contributed by atoms with van der Waals surface area (Å²) in [5.74, 6) is 0. The average molecular weight is 190 g/mol. The predicted octanol–water partition coefficient (Wildman–Crippen LogP) is 1.58. The van der Waals surface area contributed by atoms with E-state index >= 15 is 0 Å². The van der Waals surface area contributed by atoms with E-state index in [-0.39, 0.29) is 12.1 Å². The molecule has 4 N–H and O–H groups in total. The van der Waals surface area contributed by atoms with Gasteiger partial charge in [0.1, 0.15) is 0 Å². The van der Waals surface area contributed by atoms with Crippen LogP contribution in [0.5, 0.6) is 0 Å². The summed E-state index contributed by atoms with van der Waals surface area (Å²) in [7, 11) is 0. The minimum Gasteiger partial charge on any atom is -0.326 e. The minimum absolute atomic E-state index is 0.0260. The SMILES string of the molecule is Cc1cc2c(cc1C)C(N)C(N)CC2. The Hall–Kier alpha value is -0.860. The molecule has 0 aliphatic heterocycles. The monoisotopic (exact) mass is 190 g/mol. The van der Waals surface area contributed by atoms with Gasteiger partial charge < -0.3 is 11.5 Å². The molecule has 76 valence electrons. The van der Waals surface area contributed by atoms with Gasteiger partial charge in [-0.25, -0.2) is 0 Å². The van der Waals surface area contributed by atoms with Crippen LogP contribution in [0, 0.1) is 13.8 Å². The molecule has 0 fully saturated rings. The third-order valence-corrected chi connectivity index (χ3v) is 3.32.